The van der Waals surface area contributed by atoms with Crippen LogP contribution in [0.5, 0.6) is 0 Å². The molecule has 0 fully saturated rings. The van der Waals surface area contributed by atoms with Crippen LogP contribution in [-0.4, -0.2) is 38.4 Å². The number of hydrogen-bond donors (Lipinski definition) is 2. The Bertz CT molecular complexity index is 551. The molecule has 1 amide bonds. The smallest absolute Gasteiger partial charge is 0.378 e. The van der Waals surface area contributed by atoms with Gasteiger partial charge in [-0.2, -0.15) is 13.2 Å². The molecule has 0 spiro atoms. The molecule has 1 aliphatic heterocycles. The number of carbonyl (C=O) groups is 1. The van der Waals surface area contributed by atoms with Crippen LogP contribution in [0, 0.1) is 0 Å². The first kappa shape index (κ1) is 16.4. The molecular weight excluding hydrogens is 301 g/mol. The van der Waals surface area contributed by atoms with E-state index in [4.69, 9.17) is 10.5 Å². The first-order valence-corrected chi connectivity index (χ1v) is 6.58. The molecule has 0 aliphatic carbocycles. The number of ether oxygens (including phenoxy) is 1. The molecular formula is C13H15F3N4O2. The zero-order valence-electron chi connectivity index (χ0n) is 11.6. The Morgan fingerprint density at radius 2 is 1.86 bits per heavy atom. The number of nitrogens with one attached hydrogen (secondary N) is 1. The van der Waals surface area contributed by atoms with Gasteiger partial charge >= 0.3 is 11.8 Å². The number of amides is 1. The van der Waals surface area contributed by atoms with Crippen LogP contribution in [0.1, 0.15) is 15.9 Å². The van der Waals surface area contributed by atoms with E-state index in [0.29, 0.717) is 19.8 Å². The molecule has 1 aromatic carbocycles. The number of carbonyl (C=O) groups excluding carboxylic acids is 1. The van der Waals surface area contributed by atoms with Crippen LogP contribution in [0.2, 0.25) is 0 Å². The fourth-order valence-corrected chi connectivity index (χ4v) is 1.82. The van der Waals surface area contributed by atoms with Gasteiger partial charge in [0.2, 0.25) is 0 Å². The Hall–Kier alpha value is -2.00. The van der Waals surface area contributed by atoms with Crippen LogP contribution in [0.3, 0.4) is 0 Å². The maximum absolute atomic E-state index is 12.8. The second-order valence-electron chi connectivity index (χ2n) is 4.60. The zero-order valence-corrected chi connectivity index (χ0v) is 11.6. The first-order chi connectivity index (χ1) is 10.4. The van der Waals surface area contributed by atoms with Gasteiger partial charge in [0.15, 0.2) is 0 Å². The molecule has 0 unspecified atom stereocenters. The SMILES string of the molecule is NCCOCCNC(=O)c1ccc(C2(C(F)(F)F)N=N2)cc1. The molecule has 0 atom stereocenters. The summed E-state index contributed by atoms with van der Waals surface area (Å²) in [5.74, 6) is -0.395. The topological polar surface area (TPSA) is 89.1 Å². The van der Waals surface area contributed by atoms with Gasteiger partial charge in [0.25, 0.3) is 5.91 Å². The molecule has 9 heteroatoms. The summed E-state index contributed by atoms with van der Waals surface area (Å²) in [5, 5.41) is 8.79. The van der Waals surface area contributed by atoms with E-state index in [0.717, 1.165) is 0 Å². The third-order valence-corrected chi connectivity index (χ3v) is 3.04. The number of halogens is 3. The van der Waals surface area contributed by atoms with Gasteiger partial charge in [0.05, 0.1) is 13.2 Å². The normalized spacial score (nSPS) is 15.6. The van der Waals surface area contributed by atoms with Crippen molar-refractivity contribution in [1.82, 2.24) is 5.32 Å². The minimum Gasteiger partial charge on any atom is -0.378 e. The van der Waals surface area contributed by atoms with Crippen molar-refractivity contribution < 1.29 is 22.7 Å². The predicted octanol–water partition coefficient (Wildman–Crippen LogP) is 1.57. The number of hydrogen-bond acceptors (Lipinski definition) is 5. The van der Waals surface area contributed by atoms with Gasteiger partial charge in [-0.3, -0.25) is 4.79 Å². The number of alkyl halides is 3. The maximum atomic E-state index is 12.8. The van der Waals surface area contributed by atoms with E-state index < -0.39 is 17.7 Å². The van der Waals surface area contributed by atoms with E-state index >= 15 is 0 Å². The van der Waals surface area contributed by atoms with Gasteiger partial charge in [0, 0.05) is 24.2 Å². The molecule has 0 saturated heterocycles. The number of rotatable bonds is 7. The lowest BCUT2D eigenvalue weighted by molar-refractivity contribution is -0.166. The molecule has 0 aromatic heterocycles. The molecule has 0 saturated carbocycles. The quantitative estimate of drug-likeness (QED) is 0.748. The van der Waals surface area contributed by atoms with Crippen molar-refractivity contribution >= 4 is 5.91 Å². The van der Waals surface area contributed by atoms with Gasteiger partial charge in [0.1, 0.15) is 0 Å². The van der Waals surface area contributed by atoms with Crippen molar-refractivity contribution in [3.8, 4) is 0 Å². The highest BCUT2D eigenvalue weighted by atomic mass is 19.4. The zero-order chi connectivity index (χ0) is 16.2. The maximum Gasteiger partial charge on any atom is 0.442 e. The van der Waals surface area contributed by atoms with Crippen LogP contribution in [0.15, 0.2) is 34.5 Å². The Kier molecular flexibility index (Phi) is 4.77. The van der Waals surface area contributed by atoms with Crippen molar-refractivity contribution in [2.24, 2.45) is 16.0 Å². The third-order valence-electron chi connectivity index (χ3n) is 3.04. The molecule has 22 heavy (non-hydrogen) atoms. The van der Waals surface area contributed by atoms with Crippen molar-refractivity contribution in [2.45, 2.75) is 11.8 Å². The lowest BCUT2D eigenvalue weighted by Crippen LogP contribution is -2.30. The summed E-state index contributed by atoms with van der Waals surface area (Å²) in [4.78, 5) is 11.8. The average molecular weight is 316 g/mol. The van der Waals surface area contributed by atoms with Crippen molar-refractivity contribution in [3.05, 3.63) is 35.4 Å². The van der Waals surface area contributed by atoms with Crippen molar-refractivity contribution in [2.75, 3.05) is 26.3 Å². The van der Waals surface area contributed by atoms with Crippen molar-refractivity contribution in [1.29, 1.82) is 0 Å². The average Bonchev–Trinajstić information content (AvgIpc) is 3.28. The minimum absolute atomic E-state index is 0.108. The summed E-state index contributed by atoms with van der Waals surface area (Å²) in [6.07, 6.45) is -4.57. The third kappa shape index (κ3) is 3.42. The van der Waals surface area contributed by atoms with E-state index in [1.54, 1.807) is 0 Å². The van der Waals surface area contributed by atoms with Gasteiger partial charge in [-0.15, -0.1) is 10.2 Å². The summed E-state index contributed by atoms with van der Waals surface area (Å²) in [6, 6.07) is 5.02. The Morgan fingerprint density at radius 3 is 2.36 bits per heavy atom. The van der Waals surface area contributed by atoms with Crippen LogP contribution < -0.4 is 11.1 Å². The molecule has 0 bridgehead atoms. The van der Waals surface area contributed by atoms with Gasteiger partial charge in [-0.1, -0.05) is 12.1 Å². The molecule has 2 rings (SSSR count). The number of benzene rings is 1. The highest BCUT2D eigenvalue weighted by Crippen LogP contribution is 2.52. The van der Waals surface area contributed by atoms with E-state index in [9.17, 15) is 18.0 Å². The van der Waals surface area contributed by atoms with Crippen LogP contribution in [0.4, 0.5) is 13.2 Å². The number of nitrogens with zero attached hydrogens (tertiary/aromatic N) is 2. The highest BCUT2D eigenvalue weighted by Gasteiger charge is 2.65. The standard InChI is InChI=1S/C13H15F3N4O2/c14-13(15,16)12(19-20-12)10-3-1-9(2-4-10)11(21)18-6-8-22-7-5-17/h1-4H,5-8,17H2,(H,18,21). The summed E-state index contributed by atoms with van der Waals surface area (Å²) >= 11 is 0. The lowest BCUT2D eigenvalue weighted by atomic mass is 10.0. The fourth-order valence-electron chi connectivity index (χ4n) is 1.82. The molecule has 1 aromatic rings. The molecule has 1 heterocycles. The minimum atomic E-state index is -4.57. The lowest BCUT2D eigenvalue weighted by Gasteiger charge is -2.15. The first-order valence-electron chi connectivity index (χ1n) is 6.58. The van der Waals surface area contributed by atoms with Crippen LogP contribution in [0.25, 0.3) is 0 Å². The van der Waals surface area contributed by atoms with E-state index in [-0.39, 0.29) is 17.7 Å². The van der Waals surface area contributed by atoms with Crippen LogP contribution in [-0.2, 0) is 10.4 Å². The summed E-state index contributed by atoms with van der Waals surface area (Å²) < 4.78 is 43.5. The van der Waals surface area contributed by atoms with E-state index in [1.165, 1.54) is 24.3 Å². The Balaban J connectivity index is 1.91. The monoisotopic (exact) mass is 316 g/mol. The predicted molar refractivity (Wildman–Crippen MR) is 71.2 cm³/mol. The summed E-state index contributed by atoms with van der Waals surface area (Å²) in [6.45, 7) is 1.40. The number of nitrogens with two attached hydrogens (primary N) is 1. The van der Waals surface area contributed by atoms with Gasteiger partial charge in [-0.25, -0.2) is 0 Å². The summed E-state index contributed by atoms with van der Waals surface area (Å²) in [7, 11) is 0. The fraction of sp³-hybridized carbons (Fsp3) is 0.462. The summed E-state index contributed by atoms with van der Waals surface area (Å²) in [5.41, 5.74) is 2.92. The molecule has 120 valence electrons. The van der Waals surface area contributed by atoms with Gasteiger partial charge in [-0.05, 0) is 12.1 Å². The van der Waals surface area contributed by atoms with E-state index in [2.05, 4.69) is 15.5 Å². The van der Waals surface area contributed by atoms with Gasteiger partial charge < -0.3 is 15.8 Å². The van der Waals surface area contributed by atoms with E-state index in [1.807, 2.05) is 0 Å². The second-order valence-corrected chi connectivity index (χ2v) is 4.60. The van der Waals surface area contributed by atoms with Crippen LogP contribution >= 0.6 is 0 Å². The second kappa shape index (κ2) is 6.41. The van der Waals surface area contributed by atoms with Crippen molar-refractivity contribution in [3.63, 3.8) is 0 Å². The molecule has 6 nitrogen and oxygen atoms in total. The Labute approximate surface area is 124 Å². The molecule has 1 aliphatic rings. The molecule has 0 radical (unpaired) electrons. The largest absolute Gasteiger partial charge is 0.442 e. The molecule has 3 N–H and O–H groups in total. The highest BCUT2D eigenvalue weighted by molar-refractivity contribution is 5.94. The Morgan fingerprint density at radius 1 is 1.23 bits per heavy atom.